The highest BCUT2D eigenvalue weighted by molar-refractivity contribution is 5.69. The standard InChI is InChI=1S/C26H21FN4O5/c27-20-8-10-21(35-16-3-1-14(2-4-16)26-28-30-31-29-26)19-7-9-22(25(19)20)36-17-5-6-18-15(11-24(32)33)13-34-23(18)12-17/h1-6,8,10,12,15,22H,7,9,11,13H2,(H,32,33)(H,28,29,30,31)/t15-,22-/m1/s1. The first-order chi connectivity index (χ1) is 17.5. The van der Waals surface area contributed by atoms with Crippen LogP contribution in [0.25, 0.3) is 11.4 Å². The van der Waals surface area contributed by atoms with Gasteiger partial charge in [0.25, 0.3) is 0 Å². The Morgan fingerprint density at radius 2 is 1.97 bits per heavy atom. The Bertz CT molecular complexity index is 1430. The van der Waals surface area contributed by atoms with Crippen molar-refractivity contribution in [2.45, 2.75) is 31.3 Å². The van der Waals surface area contributed by atoms with Crippen LogP contribution in [-0.2, 0) is 11.2 Å². The SMILES string of the molecule is O=C(O)C[C@@H]1COc2cc(O[C@@H]3CCc4c(Oc5ccc(-c6nn[nH]n6)cc5)ccc(F)c43)ccc21. The lowest BCUT2D eigenvalue weighted by atomic mass is 9.98. The summed E-state index contributed by atoms with van der Waals surface area (Å²) in [5, 5.41) is 23.0. The van der Waals surface area contributed by atoms with Crippen molar-refractivity contribution in [1.29, 1.82) is 0 Å². The van der Waals surface area contributed by atoms with Crippen LogP contribution < -0.4 is 14.2 Å². The van der Waals surface area contributed by atoms with Gasteiger partial charge in [0.15, 0.2) is 0 Å². The van der Waals surface area contributed by atoms with E-state index in [1.165, 1.54) is 6.07 Å². The minimum atomic E-state index is -0.865. The molecule has 10 heteroatoms. The summed E-state index contributed by atoms with van der Waals surface area (Å²) in [6.07, 6.45) is 0.745. The van der Waals surface area contributed by atoms with Crippen LogP contribution in [0.5, 0.6) is 23.0 Å². The Morgan fingerprint density at radius 3 is 2.75 bits per heavy atom. The number of aromatic nitrogens is 4. The molecule has 2 heterocycles. The molecule has 1 aliphatic heterocycles. The first kappa shape index (κ1) is 22.0. The van der Waals surface area contributed by atoms with Crippen LogP contribution in [0.1, 0.15) is 41.6 Å². The third-order valence-electron chi connectivity index (χ3n) is 6.49. The monoisotopic (exact) mass is 488 g/mol. The lowest BCUT2D eigenvalue weighted by Gasteiger charge is -2.17. The van der Waals surface area contributed by atoms with Crippen LogP contribution in [0.2, 0.25) is 0 Å². The van der Waals surface area contributed by atoms with Gasteiger partial charge in [0.05, 0.1) is 13.0 Å². The van der Waals surface area contributed by atoms with E-state index in [-0.39, 0.29) is 18.2 Å². The van der Waals surface area contributed by atoms with E-state index in [1.807, 2.05) is 18.2 Å². The highest BCUT2D eigenvalue weighted by atomic mass is 19.1. The van der Waals surface area contributed by atoms with Gasteiger partial charge in [-0.25, -0.2) is 4.39 Å². The van der Waals surface area contributed by atoms with Crippen molar-refractivity contribution in [3.63, 3.8) is 0 Å². The number of carboxylic acids is 1. The number of benzene rings is 3. The smallest absolute Gasteiger partial charge is 0.304 e. The van der Waals surface area contributed by atoms with Crippen LogP contribution in [-0.4, -0.2) is 38.3 Å². The number of tetrazole rings is 1. The van der Waals surface area contributed by atoms with E-state index in [2.05, 4.69) is 20.6 Å². The minimum Gasteiger partial charge on any atom is -0.492 e. The Kier molecular flexibility index (Phi) is 5.48. The predicted molar refractivity (Wildman–Crippen MR) is 125 cm³/mol. The second-order valence-electron chi connectivity index (χ2n) is 8.75. The molecule has 1 aliphatic carbocycles. The predicted octanol–water partition coefficient (Wildman–Crippen LogP) is 4.82. The van der Waals surface area contributed by atoms with Crippen LogP contribution in [0.4, 0.5) is 4.39 Å². The number of aliphatic carboxylic acids is 1. The van der Waals surface area contributed by atoms with Crippen molar-refractivity contribution in [3.05, 3.63) is 77.1 Å². The maximum atomic E-state index is 14.9. The molecule has 0 fully saturated rings. The van der Waals surface area contributed by atoms with Crippen molar-refractivity contribution in [3.8, 4) is 34.4 Å². The molecule has 4 aromatic rings. The summed E-state index contributed by atoms with van der Waals surface area (Å²) < 4.78 is 32.9. The molecule has 3 aromatic carbocycles. The zero-order valence-electron chi connectivity index (χ0n) is 19.0. The Hall–Kier alpha value is -4.47. The lowest BCUT2D eigenvalue weighted by molar-refractivity contribution is -0.137. The molecule has 0 amide bonds. The van der Waals surface area contributed by atoms with E-state index in [4.69, 9.17) is 19.3 Å². The highest BCUT2D eigenvalue weighted by Gasteiger charge is 2.32. The number of rotatable bonds is 7. The van der Waals surface area contributed by atoms with Gasteiger partial charge in [-0.2, -0.15) is 5.21 Å². The lowest BCUT2D eigenvalue weighted by Crippen LogP contribution is -2.07. The maximum Gasteiger partial charge on any atom is 0.304 e. The maximum absolute atomic E-state index is 14.9. The molecule has 2 atom stereocenters. The summed E-state index contributed by atoms with van der Waals surface area (Å²) in [7, 11) is 0. The molecule has 2 aliphatic rings. The van der Waals surface area contributed by atoms with E-state index in [9.17, 15) is 9.18 Å². The van der Waals surface area contributed by atoms with E-state index in [0.29, 0.717) is 53.8 Å². The number of hydrogen-bond acceptors (Lipinski definition) is 7. The number of ether oxygens (including phenoxy) is 3. The number of halogens is 1. The topological polar surface area (TPSA) is 119 Å². The molecule has 2 N–H and O–H groups in total. The third kappa shape index (κ3) is 4.10. The fraction of sp³-hybridized carbons (Fsp3) is 0.231. The molecule has 0 saturated heterocycles. The zero-order valence-corrected chi connectivity index (χ0v) is 19.0. The summed E-state index contributed by atoms with van der Waals surface area (Å²) in [5.74, 6) is 1.44. The number of carbonyl (C=O) groups is 1. The average molecular weight is 488 g/mol. The second kappa shape index (κ2) is 8.95. The van der Waals surface area contributed by atoms with E-state index in [1.54, 1.807) is 30.3 Å². The largest absolute Gasteiger partial charge is 0.492 e. The van der Waals surface area contributed by atoms with E-state index >= 15 is 0 Å². The molecule has 6 rings (SSSR count). The molecule has 0 saturated carbocycles. The fourth-order valence-corrected chi connectivity index (χ4v) is 4.81. The Morgan fingerprint density at radius 1 is 1.14 bits per heavy atom. The number of fused-ring (bicyclic) bond motifs is 2. The van der Waals surface area contributed by atoms with E-state index < -0.39 is 12.1 Å². The quantitative estimate of drug-likeness (QED) is 0.380. The molecular formula is C26H21FN4O5. The van der Waals surface area contributed by atoms with E-state index in [0.717, 1.165) is 16.7 Å². The number of aromatic amines is 1. The number of hydrogen-bond donors (Lipinski definition) is 2. The number of H-pyrrole nitrogens is 1. The van der Waals surface area contributed by atoms with Gasteiger partial charge in [-0.15, -0.1) is 10.2 Å². The first-order valence-corrected chi connectivity index (χ1v) is 11.5. The number of nitrogens with zero attached hydrogens (tertiary/aromatic N) is 3. The van der Waals surface area contributed by atoms with Crippen LogP contribution in [0, 0.1) is 5.82 Å². The van der Waals surface area contributed by atoms with Gasteiger partial charge in [-0.05, 0) is 60.5 Å². The van der Waals surface area contributed by atoms with Crippen molar-refractivity contribution < 1.29 is 28.5 Å². The van der Waals surface area contributed by atoms with Crippen molar-refractivity contribution in [2.24, 2.45) is 0 Å². The molecule has 0 unspecified atom stereocenters. The minimum absolute atomic E-state index is 0.0109. The summed E-state index contributed by atoms with van der Waals surface area (Å²) >= 11 is 0. The summed E-state index contributed by atoms with van der Waals surface area (Å²) in [6.45, 7) is 0.322. The number of nitrogens with one attached hydrogen (secondary N) is 1. The average Bonchev–Trinajstić information content (AvgIpc) is 3.63. The van der Waals surface area contributed by atoms with Crippen molar-refractivity contribution in [2.75, 3.05) is 6.61 Å². The normalized spacial score (nSPS) is 17.8. The molecule has 0 radical (unpaired) electrons. The van der Waals surface area contributed by atoms with Crippen LogP contribution >= 0.6 is 0 Å². The van der Waals surface area contributed by atoms with Crippen LogP contribution in [0.3, 0.4) is 0 Å². The van der Waals surface area contributed by atoms with Gasteiger partial charge in [0.2, 0.25) is 5.82 Å². The van der Waals surface area contributed by atoms with Gasteiger partial charge in [0, 0.05) is 34.2 Å². The molecule has 0 bridgehead atoms. The molecule has 0 spiro atoms. The molecule has 36 heavy (non-hydrogen) atoms. The molecule has 1 aromatic heterocycles. The van der Waals surface area contributed by atoms with Gasteiger partial charge in [0.1, 0.15) is 34.9 Å². The third-order valence-corrected chi connectivity index (χ3v) is 6.49. The molecule has 9 nitrogen and oxygen atoms in total. The highest BCUT2D eigenvalue weighted by Crippen LogP contribution is 2.44. The summed E-state index contributed by atoms with van der Waals surface area (Å²) in [6, 6.07) is 15.6. The first-order valence-electron chi connectivity index (χ1n) is 11.5. The molecular weight excluding hydrogens is 467 g/mol. The van der Waals surface area contributed by atoms with Crippen LogP contribution in [0.15, 0.2) is 54.6 Å². The number of carboxylic acid groups (broad SMARTS) is 1. The summed E-state index contributed by atoms with van der Waals surface area (Å²) in [5.41, 5.74) is 2.91. The Labute approximate surface area is 204 Å². The summed E-state index contributed by atoms with van der Waals surface area (Å²) in [4.78, 5) is 11.1. The van der Waals surface area contributed by atoms with Gasteiger partial charge < -0.3 is 19.3 Å². The van der Waals surface area contributed by atoms with Crippen molar-refractivity contribution >= 4 is 5.97 Å². The second-order valence-corrected chi connectivity index (χ2v) is 8.75. The van der Waals surface area contributed by atoms with Gasteiger partial charge >= 0.3 is 5.97 Å². The fourth-order valence-electron chi connectivity index (χ4n) is 4.81. The Balaban J connectivity index is 1.20. The van der Waals surface area contributed by atoms with Gasteiger partial charge in [-0.3, -0.25) is 4.79 Å². The van der Waals surface area contributed by atoms with Crippen molar-refractivity contribution in [1.82, 2.24) is 20.6 Å². The van der Waals surface area contributed by atoms with Gasteiger partial charge in [-0.1, -0.05) is 6.07 Å². The zero-order chi connectivity index (χ0) is 24.6. The molecule has 182 valence electrons.